The van der Waals surface area contributed by atoms with Crippen LogP contribution in [0.2, 0.25) is 0 Å². The fourth-order valence-corrected chi connectivity index (χ4v) is 7.81. The minimum atomic E-state index is -1.05. The van der Waals surface area contributed by atoms with Crippen molar-refractivity contribution < 1.29 is 90.7 Å². The van der Waals surface area contributed by atoms with Crippen LogP contribution in [0.5, 0.6) is 33.4 Å². The zero-order valence-corrected chi connectivity index (χ0v) is 41.8. The van der Waals surface area contributed by atoms with E-state index in [0.717, 1.165) is 28.7 Å². The van der Waals surface area contributed by atoms with Crippen molar-refractivity contribution in [1.82, 2.24) is 9.97 Å². The molecule has 2 atom stereocenters. The van der Waals surface area contributed by atoms with Crippen molar-refractivity contribution in [2.75, 3.05) is 7.11 Å². The summed E-state index contributed by atoms with van der Waals surface area (Å²) in [7, 11) is 1.28. The molecule has 2 unspecified atom stereocenters. The average Bonchev–Trinajstić information content (AvgIpc) is 3.98. The molecule has 73 heavy (non-hydrogen) atoms. The molecular weight excluding hydrogens is 990 g/mol. The van der Waals surface area contributed by atoms with E-state index in [1.54, 1.807) is 19.9 Å². The number of carboxylic acid groups (broad SMARTS) is 1. The smallest absolute Gasteiger partial charge is 0.870 e. The summed E-state index contributed by atoms with van der Waals surface area (Å²) in [4.78, 5) is 81.8. The van der Waals surface area contributed by atoms with Crippen molar-refractivity contribution >= 4 is 58.3 Å². The number of carboxylic acids is 1. The number of nitrogens with zero attached hydrogens (tertiary/aromatic N) is 2. The normalized spacial score (nSPS) is 12.2. The third kappa shape index (κ3) is 17.9. The predicted octanol–water partition coefficient (Wildman–Crippen LogP) is 8.00. The van der Waals surface area contributed by atoms with E-state index in [1.807, 2.05) is 0 Å². The molecule has 378 valence electrons. The number of carbonyl (C=O) groups excluding carboxylic acids is 3. The molecule has 0 aliphatic heterocycles. The molecule has 6 aromatic rings. The van der Waals surface area contributed by atoms with Gasteiger partial charge < -0.3 is 43.8 Å². The van der Waals surface area contributed by atoms with E-state index in [9.17, 15) is 47.8 Å². The summed E-state index contributed by atoms with van der Waals surface area (Å²) in [5, 5.41) is 30.0. The third-order valence-corrected chi connectivity index (χ3v) is 11.7. The maximum absolute atomic E-state index is 13.0. The first-order chi connectivity index (χ1) is 33.8. The second kappa shape index (κ2) is 28.5. The summed E-state index contributed by atoms with van der Waals surface area (Å²) in [6.45, 7) is 6.55. The van der Waals surface area contributed by atoms with Gasteiger partial charge in [-0.1, -0.05) is 48.7 Å². The number of halogens is 2. The molecule has 0 aliphatic rings. The quantitative estimate of drug-likeness (QED) is 0.0283. The number of rotatable bonds is 20. The second-order valence-electron chi connectivity index (χ2n) is 15.5. The topological polar surface area (TPSA) is 273 Å². The second-order valence-corrected chi connectivity index (χ2v) is 17.5. The molecule has 0 radical (unpaired) electrons. The number of Topliss-reactive ketones (excluding diaryl/α,β-unsaturated/α-hetero) is 2. The zero-order chi connectivity index (χ0) is 51.8. The van der Waals surface area contributed by atoms with Gasteiger partial charge in [0.2, 0.25) is 0 Å². The summed E-state index contributed by atoms with van der Waals surface area (Å²) in [6, 6.07) is 13.4. The van der Waals surface area contributed by atoms with Gasteiger partial charge >= 0.3 is 42.1 Å². The van der Waals surface area contributed by atoms with E-state index >= 15 is 0 Å². The van der Waals surface area contributed by atoms with Crippen LogP contribution in [0, 0.1) is 11.6 Å². The average molecular weight is 1040 g/mol. The summed E-state index contributed by atoms with van der Waals surface area (Å²) < 4.78 is 52.3. The fourth-order valence-electron chi connectivity index (χ4n) is 6.24. The van der Waals surface area contributed by atoms with Crippen molar-refractivity contribution in [2.45, 2.75) is 65.2 Å². The van der Waals surface area contributed by atoms with Gasteiger partial charge in [0.25, 0.3) is 10.4 Å². The van der Waals surface area contributed by atoms with Crippen molar-refractivity contribution in [2.24, 2.45) is 0 Å². The van der Waals surface area contributed by atoms with Crippen LogP contribution < -0.4 is 39.6 Å². The van der Waals surface area contributed by atoms with Gasteiger partial charge in [0.15, 0.2) is 11.6 Å². The summed E-state index contributed by atoms with van der Waals surface area (Å²) in [5.41, 5.74) is -2.49. The Hall–Kier alpha value is -7.54. The molecule has 0 saturated carbocycles. The van der Waals surface area contributed by atoms with Crippen LogP contribution in [-0.4, -0.2) is 61.4 Å². The van der Waals surface area contributed by atoms with Crippen LogP contribution in [0.3, 0.4) is 0 Å². The van der Waals surface area contributed by atoms with Gasteiger partial charge in [-0.05, 0) is 111 Å². The summed E-state index contributed by atoms with van der Waals surface area (Å²) in [6.07, 6.45) is 13.4. The molecule has 0 spiro atoms. The van der Waals surface area contributed by atoms with Crippen LogP contribution in [0.1, 0.15) is 107 Å². The number of thiazole rings is 2. The van der Waals surface area contributed by atoms with E-state index in [-0.39, 0.29) is 75.0 Å². The zero-order valence-electron chi connectivity index (χ0n) is 40.1. The van der Waals surface area contributed by atoms with Gasteiger partial charge in [-0.3, -0.25) is 9.59 Å². The molecule has 4 N–H and O–H groups in total. The van der Waals surface area contributed by atoms with Crippen LogP contribution >= 0.6 is 22.7 Å². The Morgan fingerprint density at radius 3 is 1.42 bits per heavy atom. The summed E-state index contributed by atoms with van der Waals surface area (Å²) in [5.74, 6) is -3.95. The van der Waals surface area contributed by atoms with Gasteiger partial charge in [0.05, 0.1) is 16.9 Å². The molecule has 0 saturated heterocycles. The van der Waals surface area contributed by atoms with Crippen LogP contribution in [-0.2, 0) is 14.3 Å². The van der Waals surface area contributed by atoms with E-state index in [1.165, 1.54) is 118 Å². The van der Waals surface area contributed by atoms with Crippen molar-refractivity contribution in [3.8, 4) is 33.4 Å². The number of carbonyl (C=O) groups is 4. The van der Waals surface area contributed by atoms with Crippen LogP contribution in [0.15, 0.2) is 127 Å². The monoisotopic (exact) mass is 1040 g/mol. The Morgan fingerprint density at radius 2 is 1.07 bits per heavy atom. The SMILES string of the molecule is C/C(=C\c1cnc(Oc2ccc(F)cc2)s1)C(=O)c1c(O)cc(C(C)CC/C=C/C(=O)O)oc1=O.COC(=O)/C=C/CCC(C)c1cc(O)c(C(=O)/C(C)=C/c2cnc(Oc3ccc(F)cc3)s2)c(=O)o1.[Li+].[OH-]. The van der Waals surface area contributed by atoms with Gasteiger partial charge in [-0.2, -0.15) is 0 Å². The first-order valence-corrected chi connectivity index (χ1v) is 23.1. The van der Waals surface area contributed by atoms with Gasteiger partial charge in [0.1, 0.15) is 57.3 Å². The molecule has 4 aromatic heterocycles. The number of esters is 1. The van der Waals surface area contributed by atoms with Gasteiger partial charge in [-0.15, -0.1) is 0 Å². The molecule has 22 heteroatoms. The molecular formula is C51H47F2LiN2O15S2. The number of aliphatic carboxylic acids is 1. The maximum Gasteiger partial charge on any atom is 1.00 e. The van der Waals surface area contributed by atoms with Gasteiger partial charge in [0, 0.05) is 48.5 Å². The number of methoxy groups -OCH3 is 1. The molecule has 6 rings (SSSR count). The number of benzene rings is 2. The Labute approximate surface area is 435 Å². The van der Waals surface area contributed by atoms with E-state index < -0.39 is 63.2 Å². The Bertz CT molecular complexity index is 3120. The number of ether oxygens (including phenoxy) is 3. The molecule has 0 amide bonds. The minimum Gasteiger partial charge on any atom is -0.870 e. The Balaban J connectivity index is 0.000000375. The number of ketones is 2. The molecule has 0 fully saturated rings. The Kier molecular flexibility index (Phi) is 23.3. The predicted molar refractivity (Wildman–Crippen MR) is 262 cm³/mol. The number of hydrogen-bond donors (Lipinski definition) is 3. The maximum atomic E-state index is 13.0. The van der Waals surface area contributed by atoms with E-state index in [2.05, 4.69) is 14.7 Å². The third-order valence-electron chi connectivity index (χ3n) is 10.0. The van der Waals surface area contributed by atoms with Crippen molar-refractivity contribution in [3.05, 3.63) is 173 Å². The van der Waals surface area contributed by atoms with E-state index in [4.69, 9.17) is 23.4 Å². The number of hydrogen-bond acceptors (Lipinski definition) is 18. The molecule has 0 bridgehead atoms. The number of aromatic nitrogens is 2. The van der Waals surface area contributed by atoms with Crippen LogP contribution in [0.4, 0.5) is 8.78 Å². The van der Waals surface area contributed by atoms with Crippen molar-refractivity contribution in [1.29, 1.82) is 0 Å². The van der Waals surface area contributed by atoms with Crippen LogP contribution in [0.25, 0.3) is 12.2 Å². The fraction of sp³-hybridized carbons (Fsp3) is 0.216. The largest absolute Gasteiger partial charge is 1.00 e. The molecule has 4 heterocycles. The first-order valence-electron chi connectivity index (χ1n) is 21.4. The van der Waals surface area contributed by atoms with E-state index in [0.29, 0.717) is 46.9 Å². The van der Waals surface area contributed by atoms with Crippen molar-refractivity contribution in [3.63, 3.8) is 0 Å². The molecule has 0 aliphatic carbocycles. The Morgan fingerprint density at radius 1 is 0.685 bits per heavy atom. The number of allylic oxidation sites excluding steroid dienone is 4. The van der Waals surface area contributed by atoms with Gasteiger partial charge in [-0.25, -0.2) is 37.9 Å². The standard InChI is InChI=1S/C26H24FNO7S.C25H22FNO7S.Li.H2O/c1-15(6-4-5-7-22(30)33-3)21-13-20(29)23(25(32)35-21)24(31)16(2)12-19-14-28-26(36-19)34-18-10-8-17(27)9-11-18;1-14(5-3-4-6-21(29)30)20-12-19(28)22(24(32)34-20)23(31)15(2)11-18-13-27-25(35-18)33-17-9-7-16(26)8-10-17;;/h5,7-15,29H,4,6H2,1-3H3;4,6-14,28H,3,5H2,1-2H3,(H,29,30);;1H2/q;;+1;/p-1/b7-5+,16-12+;6-4+,15-11+;;. The minimum absolute atomic E-state index is 0. The molecule has 17 nitrogen and oxygen atoms in total. The first kappa shape index (κ1) is 59.8. The number of aromatic hydroxyl groups is 2. The summed E-state index contributed by atoms with van der Waals surface area (Å²) >= 11 is 2.28. The molecule has 2 aromatic carbocycles.